The largest absolute Gasteiger partial charge is 0.497 e. The molecule has 0 aliphatic carbocycles. The van der Waals surface area contributed by atoms with Gasteiger partial charge in [-0.15, -0.1) is 0 Å². The van der Waals surface area contributed by atoms with Crippen molar-refractivity contribution in [1.29, 1.82) is 0 Å². The van der Waals surface area contributed by atoms with E-state index in [0.717, 1.165) is 32.5 Å². The van der Waals surface area contributed by atoms with Crippen molar-refractivity contribution in [2.24, 2.45) is 0 Å². The average molecular weight is 385 g/mol. The highest BCUT2D eigenvalue weighted by molar-refractivity contribution is 9.11. The molecule has 0 radical (unpaired) electrons. The molecule has 2 nitrogen and oxygen atoms in total. The SMILES string of the molecule is COc1ccc(Br)c(CNc2ccc(C)cc2Br)c1. The van der Waals surface area contributed by atoms with Gasteiger partial charge in [-0.25, -0.2) is 0 Å². The van der Waals surface area contributed by atoms with E-state index in [1.807, 2.05) is 18.2 Å². The van der Waals surface area contributed by atoms with Crippen LogP contribution in [-0.4, -0.2) is 7.11 Å². The normalized spacial score (nSPS) is 10.3. The summed E-state index contributed by atoms with van der Waals surface area (Å²) in [5.41, 5.74) is 3.48. The van der Waals surface area contributed by atoms with Crippen LogP contribution in [0.3, 0.4) is 0 Å². The number of ether oxygens (including phenoxy) is 1. The summed E-state index contributed by atoms with van der Waals surface area (Å²) in [6.07, 6.45) is 0. The van der Waals surface area contributed by atoms with Crippen LogP contribution in [0.25, 0.3) is 0 Å². The number of rotatable bonds is 4. The third-order valence-electron chi connectivity index (χ3n) is 2.85. The molecule has 0 saturated heterocycles. The maximum atomic E-state index is 5.24. The second-order valence-corrected chi connectivity index (χ2v) is 6.00. The minimum absolute atomic E-state index is 0.736. The monoisotopic (exact) mass is 383 g/mol. The number of halogens is 2. The van der Waals surface area contributed by atoms with Gasteiger partial charge in [-0.2, -0.15) is 0 Å². The zero-order chi connectivity index (χ0) is 13.8. The van der Waals surface area contributed by atoms with Crippen molar-refractivity contribution < 1.29 is 4.74 Å². The summed E-state index contributed by atoms with van der Waals surface area (Å²) in [4.78, 5) is 0. The van der Waals surface area contributed by atoms with Gasteiger partial charge in [-0.05, 0) is 64.3 Å². The van der Waals surface area contributed by atoms with Gasteiger partial charge in [0.2, 0.25) is 0 Å². The third-order valence-corrected chi connectivity index (χ3v) is 4.28. The fraction of sp³-hybridized carbons (Fsp3) is 0.200. The second-order valence-electron chi connectivity index (χ2n) is 4.29. The Morgan fingerprint density at radius 3 is 2.53 bits per heavy atom. The Labute approximate surface area is 130 Å². The molecule has 100 valence electrons. The molecule has 0 aliphatic rings. The van der Waals surface area contributed by atoms with Gasteiger partial charge < -0.3 is 10.1 Å². The van der Waals surface area contributed by atoms with Gasteiger partial charge in [-0.3, -0.25) is 0 Å². The molecule has 0 saturated carbocycles. The quantitative estimate of drug-likeness (QED) is 0.787. The van der Waals surface area contributed by atoms with E-state index in [1.165, 1.54) is 5.56 Å². The minimum atomic E-state index is 0.736. The molecule has 0 fully saturated rings. The Kier molecular flexibility index (Phi) is 4.88. The standard InChI is InChI=1S/C15H15Br2NO/c1-10-3-6-15(14(17)7-10)18-9-11-8-12(19-2)4-5-13(11)16/h3-8,18H,9H2,1-2H3. The average Bonchev–Trinajstić information content (AvgIpc) is 2.39. The Bertz CT molecular complexity index is 584. The number of anilines is 1. The van der Waals surface area contributed by atoms with Gasteiger partial charge in [0.25, 0.3) is 0 Å². The first-order valence-corrected chi connectivity index (χ1v) is 7.51. The van der Waals surface area contributed by atoms with Crippen LogP contribution in [0, 0.1) is 6.92 Å². The van der Waals surface area contributed by atoms with E-state index < -0.39 is 0 Å². The number of benzene rings is 2. The van der Waals surface area contributed by atoms with E-state index in [-0.39, 0.29) is 0 Å². The van der Waals surface area contributed by atoms with Crippen molar-refractivity contribution in [2.75, 3.05) is 12.4 Å². The highest BCUT2D eigenvalue weighted by Gasteiger charge is 2.04. The van der Waals surface area contributed by atoms with Gasteiger partial charge >= 0.3 is 0 Å². The molecule has 1 N–H and O–H groups in total. The van der Waals surface area contributed by atoms with E-state index in [4.69, 9.17) is 4.74 Å². The Morgan fingerprint density at radius 2 is 1.84 bits per heavy atom. The predicted molar refractivity (Wildman–Crippen MR) is 86.9 cm³/mol. The number of hydrogen-bond donors (Lipinski definition) is 1. The first-order valence-electron chi connectivity index (χ1n) is 5.92. The van der Waals surface area contributed by atoms with Crippen molar-refractivity contribution in [3.63, 3.8) is 0 Å². The molecule has 2 aromatic carbocycles. The van der Waals surface area contributed by atoms with Gasteiger partial charge in [0.15, 0.2) is 0 Å². The Hall–Kier alpha value is -1.00. The van der Waals surface area contributed by atoms with Gasteiger partial charge in [0.05, 0.1) is 7.11 Å². The number of nitrogens with one attached hydrogen (secondary N) is 1. The van der Waals surface area contributed by atoms with Crippen LogP contribution >= 0.6 is 31.9 Å². The molecule has 0 unspecified atom stereocenters. The van der Waals surface area contributed by atoms with Crippen molar-refractivity contribution >= 4 is 37.5 Å². The summed E-state index contributed by atoms with van der Waals surface area (Å²) >= 11 is 7.12. The fourth-order valence-corrected chi connectivity index (χ4v) is 2.79. The molecule has 4 heteroatoms. The predicted octanol–water partition coefficient (Wildman–Crippen LogP) is 5.14. The topological polar surface area (TPSA) is 21.3 Å². The molecule has 0 atom stereocenters. The van der Waals surface area contributed by atoms with Crippen molar-refractivity contribution in [2.45, 2.75) is 13.5 Å². The van der Waals surface area contributed by atoms with Gasteiger partial charge in [-0.1, -0.05) is 22.0 Å². The second kappa shape index (κ2) is 6.44. The van der Waals surface area contributed by atoms with Crippen LogP contribution < -0.4 is 10.1 Å². The lowest BCUT2D eigenvalue weighted by Crippen LogP contribution is -2.01. The molecule has 0 bridgehead atoms. The summed E-state index contributed by atoms with van der Waals surface area (Å²) in [5, 5.41) is 3.42. The summed E-state index contributed by atoms with van der Waals surface area (Å²) in [6, 6.07) is 12.2. The third kappa shape index (κ3) is 3.74. The number of aryl methyl sites for hydroxylation is 1. The van der Waals surface area contributed by atoms with Crippen molar-refractivity contribution in [3.05, 3.63) is 56.5 Å². The minimum Gasteiger partial charge on any atom is -0.497 e. The summed E-state index contributed by atoms with van der Waals surface area (Å²) in [6.45, 7) is 2.81. The Balaban J connectivity index is 2.14. The lowest BCUT2D eigenvalue weighted by Gasteiger charge is -2.11. The maximum absolute atomic E-state index is 5.24. The molecule has 0 aromatic heterocycles. The summed E-state index contributed by atoms with van der Waals surface area (Å²) in [5.74, 6) is 0.864. The van der Waals surface area contributed by atoms with Gasteiger partial charge in [0.1, 0.15) is 5.75 Å². The van der Waals surface area contributed by atoms with Crippen LogP contribution in [0.5, 0.6) is 5.75 Å². The lowest BCUT2D eigenvalue weighted by atomic mass is 10.2. The zero-order valence-electron chi connectivity index (χ0n) is 10.8. The van der Waals surface area contributed by atoms with Crippen LogP contribution in [-0.2, 0) is 6.54 Å². The lowest BCUT2D eigenvalue weighted by molar-refractivity contribution is 0.414. The molecule has 0 amide bonds. The van der Waals surface area contributed by atoms with Crippen LogP contribution in [0.15, 0.2) is 45.3 Å². The molecule has 2 rings (SSSR count). The van der Waals surface area contributed by atoms with E-state index in [0.29, 0.717) is 0 Å². The van der Waals surface area contributed by atoms with Crippen molar-refractivity contribution in [1.82, 2.24) is 0 Å². The molecule has 2 aromatic rings. The maximum Gasteiger partial charge on any atom is 0.119 e. The van der Waals surface area contributed by atoms with Crippen LogP contribution in [0.4, 0.5) is 5.69 Å². The number of methoxy groups -OCH3 is 1. The molecular formula is C15H15Br2NO. The van der Waals surface area contributed by atoms with Gasteiger partial charge in [0, 0.05) is 21.2 Å². The molecule has 0 spiro atoms. The molecule has 19 heavy (non-hydrogen) atoms. The summed E-state index contributed by atoms with van der Waals surface area (Å²) in [7, 11) is 1.68. The summed E-state index contributed by atoms with van der Waals surface area (Å²) < 4.78 is 7.39. The van der Waals surface area contributed by atoms with E-state index in [1.54, 1.807) is 7.11 Å². The molecule has 0 heterocycles. The first-order chi connectivity index (χ1) is 9.10. The fourth-order valence-electron chi connectivity index (χ4n) is 1.77. The molecule has 0 aliphatic heterocycles. The zero-order valence-corrected chi connectivity index (χ0v) is 14.0. The van der Waals surface area contributed by atoms with E-state index in [2.05, 4.69) is 62.3 Å². The van der Waals surface area contributed by atoms with Crippen LogP contribution in [0.2, 0.25) is 0 Å². The van der Waals surface area contributed by atoms with E-state index >= 15 is 0 Å². The van der Waals surface area contributed by atoms with E-state index in [9.17, 15) is 0 Å². The molecular weight excluding hydrogens is 370 g/mol. The first kappa shape index (κ1) is 14.4. The Morgan fingerprint density at radius 1 is 1.05 bits per heavy atom. The highest BCUT2D eigenvalue weighted by Crippen LogP contribution is 2.26. The highest BCUT2D eigenvalue weighted by atomic mass is 79.9. The smallest absolute Gasteiger partial charge is 0.119 e. The van der Waals surface area contributed by atoms with Crippen LogP contribution in [0.1, 0.15) is 11.1 Å². The number of hydrogen-bond acceptors (Lipinski definition) is 2. The van der Waals surface area contributed by atoms with Crippen molar-refractivity contribution in [3.8, 4) is 5.75 Å².